The first kappa shape index (κ1) is 40.0. The molecule has 6 aromatic carbocycles. The fourth-order valence-corrected chi connectivity index (χ4v) is 9.74. The third-order valence-corrected chi connectivity index (χ3v) is 12.7. The molecule has 0 bridgehead atoms. The van der Waals surface area contributed by atoms with E-state index in [-0.39, 0.29) is 0 Å². The summed E-state index contributed by atoms with van der Waals surface area (Å²) in [5, 5.41) is 3.58. The number of hydrogen-bond donors (Lipinski definition) is 1. The number of imidazole rings is 1. The lowest BCUT2D eigenvalue weighted by Gasteiger charge is -2.35. The van der Waals surface area contributed by atoms with Crippen molar-refractivity contribution in [3.63, 3.8) is 0 Å². The summed E-state index contributed by atoms with van der Waals surface area (Å²) in [6.07, 6.45) is -0.749. The molecule has 0 aliphatic carbocycles. The van der Waals surface area contributed by atoms with E-state index < -0.39 is 6.17 Å². The van der Waals surface area contributed by atoms with Crippen LogP contribution in [-0.2, 0) is 0 Å². The zero-order chi connectivity index (χ0) is 39.4. The number of nitrogens with one attached hydrogen (secondary N) is 1. The minimum Gasteiger partial charge on any atom is -0.338 e. The third-order valence-electron chi connectivity index (χ3n) is 9.15. The summed E-state index contributed by atoms with van der Waals surface area (Å²) in [5.41, 5.74) is 6.79. The molecule has 0 saturated heterocycles. The maximum Gasteiger partial charge on any atom is 0.170 e. The van der Waals surface area contributed by atoms with Gasteiger partial charge in [0.2, 0.25) is 0 Å². The SMILES string of the molecule is Clc1ccc(C2=C(c3ccc(Cl)cc3Cl)N(c3ccccc3Br)C(c3nc(-c4ccc(Cl)cc4Cl)c(-c4ccc(Cl)cc4Cl)[nH]3)N2c2ccccc2Br)c(Cl)c1. The second-order valence-corrected chi connectivity index (χ2v) is 17.6. The van der Waals surface area contributed by atoms with Crippen molar-refractivity contribution < 1.29 is 0 Å². The molecule has 0 radical (unpaired) electrons. The van der Waals surface area contributed by atoms with Gasteiger partial charge in [-0.1, -0.05) is 117 Å². The van der Waals surface area contributed by atoms with Gasteiger partial charge in [-0.2, -0.15) is 0 Å². The Kier molecular flexibility index (Phi) is 11.7. The van der Waals surface area contributed by atoms with Gasteiger partial charge in [-0.05, 0) is 129 Å². The summed E-state index contributed by atoms with van der Waals surface area (Å²) >= 11 is 61.8. The molecule has 1 aliphatic heterocycles. The van der Waals surface area contributed by atoms with Crippen LogP contribution in [0.15, 0.2) is 130 Å². The second-order valence-electron chi connectivity index (χ2n) is 12.6. The number of para-hydroxylation sites is 2. The molecule has 14 heteroatoms. The number of anilines is 2. The Balaban J connectivity index is 1.53. The second kappa shape index (κ2) is 16.4. The van der Waals surface area contributed by atoms with E-state index in [1.165, 1.54) is 0 Å². The van der Waals surface area contributed by atoms with Crippen molar-refractivity contribution in [2.75, 3.05) is 9.80 Å². The first-order valence-electron chi connectivity index (χ1n) is 16.6. The van der Waals surface area contributed by atoms with Crippen LogP contribution in [0.5, 0.6) is 0 Å². The zero-order valence-corrected chi connectivity index (χ0v) is 37.5. The molecule has 1 aromatic heterocycles. The fourth-order valence-electron chi connectivity index (χ4n) is 6.79. The zero-order valence-electron chi connectivity index (χ0n) is 28.2. The average Bonchev–Trinajstić information content (AvgIpc) is 3.72. The molecule has 8 rings (SSSR count). The molecular formula is C42H22Br2Cl8N4. The number of benzene rings is 6. The van der Waals surface area contributed by atoms with Gasteiger partial charge in [-0.25, -0.2) is 4.98 Å². The minimum absolute atomic E-state index is 0.402. The summed E-state index contributed by atoms with van der Waals surface area (Å²) in [6.45, 7) is 0. The van der Waals surface area contributed by atoms with Gasteiger partial charge in [0.25, 0.3) is 0 Å². The van der Waals surface area contributed by atoms with Gasteiger partial charge in [0, 0.05) is 51.3 Å². The highest BCUT2D eigenvalue weighted by Gasteiger charge is 2.46. The van der Waals surface area contributed by atoms with E-state index in [4.69, 9.17) is 97.8 Å². The van der Waals surface area contributed by atoms with Crippen LogP contribution in [0, 0.1) is 0 Å². The lowest BCUT2D eigenvalue weighted by molar-refractivity contribution is 0.698. The first-order valence-corrected chi connectivity index (χ1v) is 21.3. The van der Waals surface area contributed by atoms with Crippen molar-refractivity contribution in [3.05, 3.63) is 187 Å². The molecule has 0 unspecified atom stereocenters. The summed E-state index contributed by atoms with van der Waals surface area (Å²) in [7, 11) is 0. The molecular weight excluding hydrogens is 1000 g/mol. The quantitative estimate of drug-likeness (QED) is 0.173. The van der Waals surface area contributed by atoms with E-state index >= 15 is 0 Å². The predicted octanol–water partition coefficient (Wildman–Crippen LogP) is 17.0. The Labute approximate surface area is 379 Å². The highest BCUT2D eigenvalue weighted by Crippen LogP contribution is 2.56. The van der Waals surface area contributed by atoms with Crippen molar-refractivity contribution in [2.45, 2.75) is 6.17 Å². The highest BCUT2D eigenvalue weighted by molar-refractivity contribution is 9.11. The van der Waals surface area contributed by atoms with E-state index in [1.54, 1.807) is 48.5 Å². The molecule has 0 spiro atoms. The smallest absolute Gasteiger partial charge is 0.170 e. The van der Waals surface area contributed by atoms with Crippen molar-refractivity contribution in [3.8, 4) is 22.5 Å². The number of nitrogens with zero attached hydrogens (tertiary/aromatic N) is 3. The average molecular weight is 1030 g/mol. The summed E-state index contributed by atoms with van der Waals surface area (Å²) in [6, 6.07) is 37.2. The normalized spacial score (nSPS) is 13.3. The molecule has 2 heterocycles. The molecule has 1 N–H and O–H groups in total. The van der Waals surface area contributed by atoms with Crippen molar-refractivity contribution in [1.29, 1.82) is 0 Å². The van der Waals surface area contributed by atoms with Gasteiger partial charge in [-0.15, -0.1) is 0 Å². The lowest BCUT2D eigenvalue weighted by Crippen LogP contribution is -2.34. The Hall–Kier alpha value is -2.85. The van der Waals surface area contributed by atoms with Crippen LogP contribution in [0.4, 0.5) is 11.4 Å². The van der Waals surface area contributed by atoms with Crippen LogP contribution in [0.3, 0.4) is 0 Å². The van der Waals surface area contributed by atoms with Crippen LogP contribution in [0.1, 0.15) is 23.1 Å². The van der Waals surface area contributed by atoms with E-state index in [1.807, 2.05) is 72.8 Å². The number of halogens is 10. The Bertz CT molecular complexity index is 2540. The minimum atomic E-state index is -0.749. The number of rotatable bonds is 7. The Morgan fingerprint density at radius 1 is 0.464 bits per heavy atom. The first-order chi connectivity index (χ1) is 26.9. The number of aromatic nitrogens is 2. The topological polar surface area (TPSA) is 35.2 Å². The molecule has 56 heavy (non-hydrogen) atoms. The van der Waals surface area contributed by atoms with Crippen molar-refractivity contribution in [2.24, 2.45) is 0 Å². The maximum atomic E-state index is 7.18. The van der Waals surface area contributed by atoms with Crippen LogP contribution >= 0.6 is 125 Å². The predicted molar refractivity (Wildman–Crippen MR) is 245 cm³/mol. The summed E-state index contributed by atoms with van der Waals surface area (Å²) in [4.78, 5) is 13.4. The number of H-pyrrole nitrogens is 1. The highest BCUT2D eigenvalue weighted by atomic mass is 79.9. The van der Waals surface area contributed by atoms with E-state index in [0.717, 1.165) is 20.3 Å². The van der Waals surface area contributed by atoms with Crippen LogP contribution in [0.25, 0.3) is 33.9 Å². The van der Waals surface area contributed by atoms with Gasteiger partial charge in [-0.3, -0.25) is 0 Å². The van der Waals surface area contributed by atoms with Crippen molar-refractivity contribution in [1.82, 2.24) is 9.97 Å². The van der Waals surface area contributed by atoms with Crippen LogP contribution in [0.2, 0.25) is 40.2 Å². The fraction of sp³-hybridized carbons (Fsp3) is 0.0238. The van der Waals surface area contributed by atoms with Crippen LogP contribution in [-0.4, -0.2) is 9.97 Å². The lowest BCUT2D eigenvalue weighted by atomic mass is 10.0. The summed E-state index contributed by atoms with van der Waals surface area (Å²) < 4.78 is 1.60. The van der Waals surface area contributed by atoms with Crippen LogP contribution < -0.4 is 9.80 Å². The van der Waals surface area contributed by atoms with E-state index in [9.17, 15) is 0 Å². The van der Waals surface area contributed by atoms with E-state index in [2.05, 4.69) is 46.6 Å². The molecule has 4 nitrogen and oxygen atoms in total. The number of hydrogen-bond acceptors (Lipinski definition) is 3. The van der Waals surface area contributed by atoms with Crippen molar-refractivity contribution >= 4 is 147 Å². The standard InChI is InChI=1S/C42H22Br2Cl8N4/c43-29-5-1-3-7-35(29)55-39(27-15-11-23(47)19-33(27)51)40(28-16-12-24(48)20-34(28)52)56(36-8-4-2-6-30(36)44)42(55)41-53-37(25-13-9-21(45)17-31(25)49)38(54-41)26-14-10-22(46)18-32(26)50/h1-20,42H,(H,53,54). The Morgan fingerprint density at radius 3 is 1.23 bits per heavy atom. The van der Waals surface area contributed by atoms with E-state index in [0.29, 0.717) is 91.0 Å². The summed E-state index contributed by atoms with van der Waals surface area (Å²) in [5.74, 6) is 0.515. The maximum absolute atomic E-state index is 7.18. The van der Waals surface area contributed by atoms with Gasteiger partial charge in [0.1, 0.15) is 0 Å². The third kappa shape index (κ3) is 7.48. The molecule has 0 fully saturated rings. The molecule has 0 atom stereocenters. The monoisotopic (exact) mass is 1020 g/mol. The van der Waals surface area contributed by atoms with Gasteiger partial charge >= 0.3 is 0 Å². The van der Waals surface area contributed by atoms with Gasteiger partial charge in [0.15, 0.2) is 12.0 Å². The Morgan fingerprint density at radius 2 is 0.839 bits per heavy atom. The molecule has 0 amide bonds. The molecule has 280 valence electrons. The molecule has 0 saturated carbocycles. The molecule has 7 aromatic rings. The van der Waals surface area contributed by atoms with Gasteiger partial charge < -0.3 is 14.8 Å². The molecule has 1 aliphatic rings. The largest absolute Gasteiger partial charge is 0.338 e. The van der Waals surface area contributed by atoms with Gasteiger partial charge in [0.05, 0.1) is 54.2 Å². The number of aromatic amines is 1.